The third-order valence-electron chi connectivity index (χ3n) is 2.73. The van der Waals surface area contributed by atoms with E-state index in [9.17, 15) is 9.59 Å². The van der Waals surface area contributed by atoms with Crippen molar-refractivity contribution in [1.29, 1.82) is 0 Å². The number of anilines is 1. The number of amides is 2. The minimum absolute atomic E-state index is 0.0696. The molecule has 1 rings (SSSR count). The van der Waals surface area contributed by atoms with Crippen molar-refractivity contribution in [3.05, 3.63) is 23.8 Å². The molecular formula is C15H18N2O4. The third-order valence-corrected chi connectivity index (χ3v) is 2.73. The smallest absolute Gasteiger partial charge is 0.335 e. The van der Waals surface area contributed by atoms with Gasteiger partial charge in [0.05, 0.1) is 18.4 Å². The Kier molecular flexibility index (Phi) is 6.61. The predicted molar refractivity (Wildman–Crippen MR) is 79.7 cm³/mol. The highest BCUT2D eigenvalue weighted by molar-refractivity contribution is 5.94. The van der Waals surface area contributed by atoms with Crippen molar-refractivity contribution >= 4 is 17.7 Å². The van der Waals surface area contributed by atoms with Crippen molar-refractivity contribution in [2.24, 2.45) is 0 Å². The molecule has 0 aliphatic rings. The quantitative estimate of drug-likeness (QED) is 0.531. The fraction of sp³-hybridized carbons (Fsp3) is 0.333. The molecular weight excluding hydrogens is 272 g/mol. The van der Waals surface area contributed by atoms with Crippen LogP contribution < -0.4 is 15.4 Å². The van der Waals surface area contributed by atoms with Gasteiger partial charge in [-0.2, -0.15) is 0 Å². The highest BCUT2D eigenvalue weighted by atomic mass is 16.5. The summed E-state index contributed by atoms with van der Waals surface area (Å²) in [6, 6.07) is 3.83. The molecule has 21 heavy (non-hydrogen) atoms. The lowest BCUT2D eigenvalue weighted by molar-refractivity contribution is 0.0697. The van der Waals surface area contributed by atoms with Gasteiger partial charge in [0, 0.05) is 13.0 Å². The van der Waals surface area contributed by atoms with E-state index in [0.717, 1.165) is 12.8 Å². The fourth-order valence-corrected chi connectivity index (χ4v) is 1.66. The first-order valence-electron chi connectivity index (χ1n) is 6.48. The second-order valence-electron chi connectivity index (χ2n) is 4.26. The number of terminal acetylenes is 1. The molecule has 0 saturated heterocycles. The number of carbonyl (C=O) groups is 2. The Hall–Kier alpha value is -2.68. The van der Waals surface area contributed by atoms with Crippen LogP contribution in [0.15, 0.2) is 18.2 Å². The van der Waals surface area contributed by atoms with Crippen LogP contribution in [0.5, 0.6) is 5.75 Å². The summed E-state index contributed by atoms with van der Waals surface area (Å²) in [5, 5.41) is 14.2. The minimum Gasteiger partial charge on any atom is -0.495 e. The molecule has 0 fully saturated rings. The Bertz CT molecular complexity index is 549. The number of carboxylic acid groups (broad SMARTS) is 1. The fourth-order valence-electron chi connectivity index (χ4n) is 1.66. The zero-order valence-corrected chi connectivity index (χ0v) is 11.8. The number of methoxy groups -OCH3 is 1. The lowest BCUT2D eigenvalue weighted by atomic mass is 10.2. The van der Waals surface area contributed by atoms with Crippen LogP contribution in [0, 0.1) is 12.3 Å². The van der Waals surface area contributed by atoms with E-state index in [-0.39, 0.29) is 5.56 Å². The Morgan fingerprint density at radius 3 is 2.76 bits per heavy atom. The average Bonchev–Trinajstić information content (AvgIpc) is 2.46. The number of benzene rings is 1. The summed E-state index contributed by atoms with van der Waals surface area (Å²) in [4.78, 5) is 22.7. The van der Waals surface area contributed by atoms with Crippen LogP contribution in [0.3, 0.4) is 0 Å². The van der Waals surface area contributed by atoms with Crippen LogP contribution in [-0.2, 0) is 0 Å². The number of hydrogen-bond donors (Lipinski definition) is 3. The topological polar surface area (TPSA) is 87.7 Å². The van der Waals surface area contributed by atoms with Crippen molar-refractivity contribution in [1.82, 2.24) is 5.32 Å². The second-order valence-corrected chi connectivity index (χ2v) is 4.26. The highest BCUT2D eigenvalue weighted by Crippen LogP contribution is 2.25. The summed E-state index contributed by atoms with van der Waals surface area (Å²) >= 11 is 0. The van der Waals surface area contributed by atoms with Gasteiger partial charge in [0.2, 0.25) is 0 Å². The molecule has 0 spiro atoms. The molecule has 0 bridgehead atoms. The van der Waals surface area contributed by atoms with E-state index in [1.807, 2.05) is 0 Å². The van der Waals surface area contributed by atoms with Gasteiger partial charge < -0.3 is 20.5 Å². The van der Waals surface area contributed by atoms with Crippen molar-refractivity contribution in [2.45, 2.75) is 19.3 Å². The molecule has 0 unspecified atom stereocenters. The highest BCUT2D eigenvalue weighted by Gasteiger charge is 2.11. The number of carbonyl (C=O) groups excluding carboxylic acids is 1. The lowest BCUT2D eigenvalue weighted by Crippen LogP contribution is -2.29. The number of carboxylic acids is 1. The van der Waals surface area contributed by atoms with Gasteiger partial charge in [0.1, 0.15) is 5.75 Å². The maximum Gasteiger partial charge on any atom is 0.335 e. The first kappa shape index (κ1) is 16.4. The summed E-state index contributed by atoms with van der Waals surface area (Å²) < 4.78 is 5.08. The van der Waals surface area contributed by atoms with Gasteiger partial charge in [-0.15, -0.1) is 12.3 Å². The Morgan fingerprint density at radius 1 is 1.38 bits per heavy atom. The molecule has 0 aromatic heterocycles. The van der Waals surface area contributed by atoms with Gasteiger partial charge in [-0.05, 0) is 31.0 Å². The van der Waals surface area contributed by atoms with Crippen LogP contribution in [0.1, 0.15) is 29.6 Å². The maximum absolute atomic E-state index is 11.7. The van der Waals surface area contributed by atoms with Crippen LogP contribution in [-0.4, -0.2) is 30.8 Å². The molecule has 6 heteroatoms. The van der Waals surface area contributed by atoms with Crippen molar-refractivity contribution < 1.29 is 19.4 Å². The normalized spacial score (nSPS) is 9.52. The molecule has 1 aromatic rings. The van der Waals surface area contributed by atoms with E-state index < -0.39 is 12.0 Å². The third kappa shape index (κ3) is 5.45. The van der Waals surface area contributed by atoms with Crippen LogP contribution in [0.4, 0.5) is 10.5 Å². The van der Waals surface area contributed by atoms with E-state index in [1.54, 1.807) is 0 Å². The molecule has 0 heterocycles. The molecule has 2 amide bonds. The van der Waals surface area contributed by atoms with Gasteiger partial charge in [0.15, 0.2) is 0 Å². The predicted octanol–water partition coefficient (Wildman–Crippen LogP) is 2.32. The SMILES string of the molecule is C#CCCCCNC(=O)Nc1cc(C(=O)O)ccc1OC. The monoisotopic (exact) mass is 290 g/mol. The number of nitrogens with one attached hydrogen (secondary N) is 2. The van der Waals surface area contributed by atoms with E-state index in [4.69, 9.17) is 16.3 Å². The molecule has 3 N–H and O–H groups in total. The van der Waals surface area contributed by atoms with Crippen molar-refractivity contribution in [3.63, 3.8) is 0 Å². The van der Waals surface area contributed by atoms with Gasteiger partial charge in [-0.1, -0.05) is 0 Å². The number of unbranched alkanes of at least 4 members (excludes halogenated alkanes) is 2. The number of rotatable bonds is 7. The minimum atomic E-state index is -1.07. The number of ether oxygens (including phenoxy) is 1. The van der Waals surface area contributed by atoms with E-state index >= 15 is 0 Å². The zero-order valence-electron chi connectivity index (χ0n) is 11.8. The standard InChI is InChI=1S/C15H18N2O4/c1-3-4-5-6-9-16-15(20)17-12-10-11(14(18)19)7-8-13(12)21-2/h1,7-8,10H,4-6,9H2,2H3,(H,18,19)(H2,16,17,20). The van der Waals surface area contributed by atoms with Gasteiger partial charge in [-0.25, -0.2) is 9.59 Å². The first-order chi connectivity index (χ1) is 10.1. The molecule has 0 aliphatic heterocycles. The summed E-state index contributed by atoms with van der Waals surface area (Å²) in [6.45, 7) is 0.494. The van der Waals surface area contributed by atoms with Crippen LogP contribution >= 0.6 is 0 Å². The van der Waals surface area contributed by atoms with E-state index in [2.05, 4.69) is 16.6 Å². The molecule has 0 aliphatic carbocycles. The molecule has 0 atom stereocenters. The number of urea groups is 1. The Labute approximate surface area is 123 Å². The molecule has 112 valence electrons. The van der Waals surface area contributed by atoms with Crippen molar-refractivity contribution in [3.8, 4) is 18.1 Å². The molecule has 6 nitrogen and oxygen atoms in total. The molecule has 0 saturated carbocycles. The van der Waals surface area contributed by atoms with Gasteiger partial charge >= 0.3 is 12.0 Å². The average molecular weight is 290 g/mol. The summed E-state index contributed by atoms with van der Waals surface area (Å²) in [6.07, 6.45) is 7.43. The van der Waals surface area contributed by atoms with Gasteiger partial charge in [-0.3, -0.25) is 0 Å². The van der Waals surface area contributed by atoms with Gasteiger partial charge in [0.25, 0.3) is 0 Å². The number of hydrogen-bond acceptors (Lipinski definition) is 3. The maximum atomic E-state index is 11.7. The first-order valence-corrected chi connectivity index (χ1v) is 6.48. The summed E-state index contributed by atoms with van der Waals surface area (Å²) in [7, 11) is 1.44. The largest absolute Gasteiger partial charge is 0.495 e. The Balaban J connectivity index is 2.60. The van der Waals surface area contributed by atoms with E-state index in [0.29, 0.717) is 24.4 Å². The van der Waals surface area contributed by atoms with Crippen molar-refractivity contribution in [2.75, 3.05) is 19.0 Å². The second kappa shape index (κ2) is 8.48. The number of aromatic carboxylic acids is 1. The van der Waals surface area contributed by atoms with E-state index in [1.165, 1.54) is 25.3 Å². The summed E-state index contributed by atoms with van der Waals surface area (Å²) in [5.74, 6) is 1.84. The molecule has 1 aromatic carbocycles. The van der Waals surface area contributed by atoms with Crippen LogP contribution in [0.2, 0.25) is 0 Å². The lowest BCUT2D eigenvalue weighted by Gasteiger charge is -2.11. The summed E-state index contributed by atoms with van der Waals surface area (Å²) in [5.41, 5.74) is 0.374. The Morgan fingerprint density at radius 2 is 2.14 bits per heavy atom. The van der Waals surface area contributed by atoms with Crippen LogP contribution in [0.25, 0.3) is 0 Å². The molecule has 0 radical (unpaired) electrons. The zero-order chi connectivity index (χ0) is 15.7.